The summed E-state index contributed by atoms with van der Waals surface area (Å²) in [4.78, 5) is 24.9. The van der Waals surface area contributed by atoms with Crippen LogP contribution in [0.25, 0.3) is 0 Å². The Kier molecular flexibility index (Phi) is 4.34. The largest absolute Gasteiger partial charge is 0.338 e. The maximum Gasteiger partial charge on any atom is 0.283 e. The van der Waals surface area contributed by atoms with Gasteiger partial charge in [0, 0.05) is 29.7 Å². The lowest BCUT2D eigenvalue weighted by Gasteiger charge is -2.42. The summed E-state index contributed by atoms with van der Waals surface area (Å²) < 4.78 is 0.576. The molecule has 0 radical (unpaired) electrons. The fourth-order valence-electron chi connectivity index (χ4n) is 2.55. The molecule has 1 aromatic carbocycles. The number of carbonyl (C=O) groups excluding carboxylic acids is 1. The van der Waals surface area contributed by atoms with Crippen LogP contribution >= 0.6 is 15.9 Å². The molecule has 1 unspecified atom stereocenters. The van der Waals surface area contributed by atoms with Crippen LogP contribution in [0, 0.1) is 15.5 Å². The molecule has 1 atom stereocenters. The molecule has 0 aromatic heterocycles. The summed E-state index contributed by atoms with van der Waals surface area (Å²) in [7, 11) is 0. The lowest BCUT2D eigenvalue weighted by Crippen LogP contribution is -2.54. The fraction of sp³-hybridized carbons (Fsp3) is 0.500. The highest BCUT2D eigenvalue weighted by Crippen LogP contribution is 2.31. The molecule has 1 aliphatic heterocycles. The number of nitrogens with two attached hydrogens (primary N) is 1. The van der Waals surface area contributed by atoms with E-state index < -0.39 is 4.92 Å². The van der Waals surface area contributed by atoms with Crippen LogP contribution in [0.5, 0.6) is 0 Å². The van der Waals surface area contributed by atoms with Crippen molar-refractivity contribution in [2.75, 3.05) is 13.1 Å². The zero-order valence-electron chi connectivity index (χ0n) is 12.0. The normalized spacial score (nSPS) is 21.1. The van der Waals surface area contributed by atoms with E-state index >= 15 is 0 Å². The van der Waals surface area contributed by atoms with Gasteiger partial charge in [-0.1, -0.05) is 29.8 Å². The predicted octanol–water partition coefficient (Wildman–Crippen LogP) is 2.56. The molecule has 0 spiro atoms. The standard InChI is InChI=1S/C14H18BrN3O3/c1-14(2)8-17(6-5-12(14)16)13(19)10-4-3-9(15)7-11(10)18(20)21/h3-4,7,12H,5-6,8,16H2,1-2H3. The SMILES string of the molecule is CC1(C)CN(C(=O)c2ccc(Br)cc2[N+](=O)[O-])CCC1N. The molecule has 21 heavy (non-hydrogen) atoms. The molecule has 2 rings (SSSR count). The first kappa shape index (κ1) is 15.9. The van der Waals surface area contributed by atoms with Crippen molar-refractivity contribution in [2.45, 2.75) is 26.3 Å². The molecule has 0 aliphatic carbocycles. The lowest BCUT2D eigenvalue weighted by atomic mass is 9.79. The van der Waals surface area contributed by atoms with Crippen LogP contribution in [-0.2, 0) is 0 Å². The molecule has 2 N–H and O–H groups in total. The van der Waals surface area contributed by atoms with Gasteiger partial charge in [-0.15, -0.1) is 0 Å². The molecule has 114 valence electrons. The Morgan fingerprint density at radius 3 is 2.76 bits per heavy atom. The zero-order chi connectivity index (χ0) is 15.8. The van der Waals surface area contributed by atoms with Crippen molar-refractivity contribution < 1.29 is 9.72 Å². The summed E-state index contributed by atoms with van der Waals surface area (Å²) in [6, 6.07) is 4.52. The number of nitrogens with zero attached hydrogens (tertiary/aromatic N) is 2. The molecule has 1 aliphatic rings. The zero-order valence-corrected chi connectivity index (χ0v) is 13.6. The number of nitro benzene ring substituents is 1. The first-order valence-electron chi connectivity index (χ1n) is 6.71. The van der Waals surface area contributed by atoms with Crippen LogP contribution in [0.4, 0.5) is 5.69 Å². The Labute approximate surface area is 131 Å². The third-order valence-corrected chi connectivity index (χ3v) is 4.48. The van der Waals surface area contributed by atoms with Gasteiger partial charge in [0.15, 0.2) is 0 Å². The summed E-state index contributed by atoms with van der Waals surface area (Å²) in [6.07, 6.45) is 0.697. The number of benzene rings is 1. The first-order valence-corrected chi connectivity index (χ1v) is 7.50. The highest BCUT2D eigenvalue weighted by molar-refractivity contribution is 9.10. The van der Waals surface area contributed by atoms with Gasteiger partial charge in [0.1, 0.15) is 5.56 Å². The number of halogens is 1. The molecule has 0 bridgehead atoms. The highest BCUT2D eigenvalue weighted by atomic mass is 79.9. The summed E-state index contributed by atoms with van der Waals surface area (Å²) >= 11 is 3.19. The Hall–Kier alpha value is -1.47. The Bertz CT molecular complexity index is 589. The van der Waals surface area contributed by atoms with Gasteiger partial charge in [-0.2, -0.15) is 0 Å². The van der Waals surface area contributed by atoms with Crippen molar-refractivity contribution in [3.05, 3.63) is 38.3 Å². The molecular weight excluding hydrogens is 338 g/mol. The first-order chi connectivity index (χ1) is 9.72. The molecule has 1 heterocycles. The van der Waals surface area contributed by atoms with Gasteiger partial charge in [-0.05, 0) is 24.0 Å². The van der Waals surface area contributed by atoms with E-state index in [1.807, 2.05) is 13.8 Å². The van der Waals surface area contributed by atoms with Crippen molar-refractivity contribution >= 4 is 27.5 Å². The smallest absolute Gasteiger partial charge is 0.283 e. The second-order valence-corrected chi connectivity index (χ2v) is 6.94. The third kappa shape index (κ3) is 3.24. The molecule has 6 nitrogen and oxygen atoms in total. The highest BCUT2D eigenvalue weighted by Gasteiger charge is 2.37. The van der Waals surface area contributed by atoms with Crippen LogP contribution in [0.3, 0.4) is 0 Å². The number of hydrogen-bond acceptors (Lipinski definition) is 4. The number of likely N-dealkylation sites (tertiary alicyclic amines) is 1. The van der Waals surface area contributed by atoms with E-state index in [0.717, 1.165) is 0 Å². The molecule has 7 heteroatoms. The van der Waals surface area contributed by atoms with E-state index in [4.69, 9.17) is 5.73 Å². The second kappa shape index (κ2) is 5.73. The molecule has 1 amide bonds. The molecule has 1 saturated heterocycles. The van der Waals surface area contributed by atoms with E-state index in [0.29, 0.717) is 24.0 Å². The minimum absolute atomic E-state index is 0.0291. The third-order valence-electron chi connectivity index (χ3n) is 3.99. The van der Waals surface area contributed by atoms with E-state index in [1.165, 1.54) is 12.1 Å². The summed E-state index contributed by atoms with van der Waals surface area (Å²) in [5.41, 5.74) is 5.80. The molecule has 1 aromatic rings. The van der Waals surface area contributed by atoms with E-state index in [9.17, 15) is 14.9 Å². The van der Waals surface area contributed by atoms with E-state index in [-0.39, 0.29) is 28.6 Å². The van der Waals surface area contributed by atoms with Crippen LogP contribution in [0.15, 0.2) is 22.7 Å². The van der Waals surface area contributed by atoms with Crippen molar-refractivity contribution in [1.29, 1.82) is 0 Å². The van der Waals surface area contributed by atoms with Crippen molar-refractivity contribution in [3.63, 3.8) is 0 Å². The lowest BCUT2D eigenvalue weighted by molar-refractivity contribution is -0.385. The number of piperidine rings is 1. The van der Waals surface area contributed by atoms with Crippen LogP contribution in [-0.4, -0.2) is 34.9 Å². The minimum atomic E-state index is -0.529. The Morgan fingerprint density at radius 1 is 1.52 bits per heavy atom. The quantitative estimate of drug-likeness (QED) is 0.651. The Balaban J connectivity index is 2.31. The van der Waals surface area contributed by atoms with Gasteiger partial charge in [0.05, 0.1) is 4.92 Å². The molecular formula is C14H18BrN3O3. The second-order valence-electron chi connectivity index (χ2n) is 6.03. The summed E-state index contributed by atoms with van der Waals surface area (Å²) in [5.74, 6) is -0.311. The summed E-state index contributed by atoms with van der Waals surface area (Å²) in [5, 5.41) is 11.1. The minimum Gasteiger partial charge on any atom is -0.338 e. The van der Waals surface area contributed by atoms with Crippen molar-refractivity contribution in [2.24, 2.45) is 11.1 Å². The number of nitro groups is 1. The topological polar surface area (TPSA) is 89.5 Å². The van der Waals surface area contributed by atoms with Crippen LogP contribution < -0.4 is 5.73 Å². The van der Waals surface area contributed by atoms with Gasteiger partial charge in [0.25, 0.3) is 11.6 Å². The summed E-state index contributed by atoms with van der Waals surface area (Å²) in [6.45, 7) is 5.04. The predicted molar refractivity (Wildman–Crippen MR) is 83.1 cm³/mol. The number of carbonyl (C=O) groups is 1. The van der Waals surface area contributed by atoms with E-state index in [2.05, 4.69) is 15.9 Å². The van der Waals surface area contributed by atoms with E-state index in [1.54, 1.807) is 11.0 Å². The molecule has 1 fully saturated rings. The van der Waals surface area contributed by atoms with Crippen molar-refractivity contribution in [1.82, 2.24) is 4.90 Å². The van der Waals surface area contributed by atoms with Gasteiger partial charge in [-0.25, -0.2) is 0 Å². The van der Waals surface area contributed by atoms with Gasteiger partial charge < -0.3 is 10.6 Å². The van der Waals surface area contributed by atoms with Crippen molar-refractivity contribution in [3.8, 4) is 0 Å². The monoisotopic (exact) mass is 355 g/mol. The maximum absolute atomic E-state index is 12.6. The van der Waals surface area contributed by atoms with Gasteiger partial charge in [-0.3, -0.25) is 14.9 Å². The van der Waals surface area contributed by atoms with Crippen LogP contribution in [0.2, 0.25) is 0 Å². The fourth-order valence-corrected chi connectivity index (χ4v) is 2.90. The maximum atomic E-state index is 12.6. The average molecular weight is 356 g/mol. The average Bonchev–Trinajstić information content (AvgIpc) is 2.41. The van der Waals surface area contributed by atoms with Gasteiger partial charge >= 0.3 is 0 Å². The Morgan fingerprint density at radius 2 is 2.19 bits per heavy atom. The van der Waals surface area contributed by atoms with Gasteiger partial charge in [0.2, 0.25) is 0 Å². The van der Waals surface area contributed by atoms with Crippen LogP contribution in [0.1, 0.15) is 30.6 Å². The number of rotatable bonds is 2. The number of amides is 1. The molecule has 0 saturated carbocycles. The number of hydrogen-bond donors (Lipinski definition) is 1.